The molecule has 0 saturated carbocycles. The maximum Gasteiger partial charge on any atom is 0.253 e. The van der Waals surface area contributed by atoms with Gasteiger partial charge in [-0.15, -0.1) is 0 Å². The quantitative estimate of drug-likeness (QED) is 0.600. The maximum absolute atomic E-state index is 13.0. The van der Waals surface area contributed by atoms with Gasteiger partial charge < -0.3 is 19.7 Å². The highest BCUT2D eigenvalue weighted by molar-refractivity contribution is 6.05. The van der Waals surface area contributed by atoms with Crippen molar-refractivity contribution in [1.82, 2.24) is 9.80 Å². The molecule has 2 amide bonds. The molecule has 2 aliphatic rings. The third kappa shape index (κ3) is 5.39. The van der Waals surface area contributed by atoms with E-state index in [0.29, 0.717) is 41.4 Å². The molecule has 2 aliphatic heterocycles. The van der Waals surface area contributed by atoms with E-state index in [4.69, 9.17) is 9.47 Å². The monoisotopic (exact) mass is 465 g/mol. The average Bonchev–Trinajstić information content (AvgIpc) is 3.31. The van der Waals surface area contributed by atoms with Crippen molar-refractivity contribution in [1.29, 1.82) is 0 Å². The van der Waals surface area contributed by atoms with Crippen LogP contribution >= 0.6 is 0 Å². The summed E-state index contributed by atoms with van der Waals surface area (Å²) in [4.78, 5) is 41.9. The molecule has 1 saturated heterocycles. The second-order valence-electron chi connectivity index (χ2n) is 8.72. The number of amides is 2. The van der Waals surface area contributed by atoms with Gasteiger partial charge in [0.2, 0.25) is 12.7 Å². The minimum atomic E-state index is -0.183. The molecule has 2 aromatic carbocycles. The number of ether oxygens (including phenoxy) is 2. The molecule has 180 valence electrons. The summed E-state index contributed by atoms with van der Waals surface area (Å²) < 4.78 is 10.8. The Morgan fingerprint density at radius 3 is 2.38 bits per heavy atom. The molecule has 0 bridgehead atoms. The zero-order chi connectivity index (χ0) is 24.1. The maximum atomic E-state index is 13.0. The summed E-state index contributed by atoms with van der Waals surface area (Å²) in [6, 6.07) is 12.8. The van der Waals surface area contributed by atoms with Crippen molar-refractivity contribution in [2.75, 3.05) is 38.3 Å². The Morgan fingerprint density at radius 1 is 1.06 bits per heavy atom. The summed E-state index contributed by atoms with van der Waals surface area (Å²) >= 11 is 0. The van der Waals surface area contributed by atoms with Crippen molar-refractivity contribution in [2.45, 2.75) is 39.2 Å². The molecule has 2 aromatic rings. The molecular formula is C26H31N3O5. The van der Waals surface area contributed by atoms with E-state index in [0.717, 1.165) is 25.8 Å². The standard InChI is InChI=1S/C26H31N3O5/c1-3-11-29(20-9-12-28(13-10-20)26(32)19-7-5-4-6-8-19)16-25(31)27-22-15-24-23(33-17-34-24)14-21(22)18(2)30/h4-8,14-15,20H,3,9-13,16-17H2,1-2H3,(H,27,31). The fourth-order valence-electron chi connectivity index (χ4n) is 4.59. The van der Waals surface area contributed by atoms with Gasteiger partial charge in [0.15, 0.2) is 17.3 Å². The number of piperidine rings is 1. The molecule has 1 N–H and O–H groups in total. The molecule has 1 fully saturated rings. The zero-order valence-electron chi connectivity index (χ0n) is 19.7. The number of ketones is 1. The summed E-state index contributed by atoms with van der Waals surface area (Å²) in [6.45, 7) is 5.97. The number of nitrogens with one attached hydrogen (secondary N) is 1. The molecule has 0 atom stereocenters. The minimum Gasteiger partial charge on any atom is -0.454 e. The average molecular weight is 466 g/mol. The second-order valence-corrected chi connectivity index (χ2v) is 8.72. The van der Waals surface area contributed by atoms with E-state index < -0.39 is 0 Å². The Kier molecular flexibility index (Phi) is 7.47. The van der Waals surface area contributed by atoms with Crippen molar-refractivity contribution in [3.05, 3.63) is 53.6 Å². The number of hydrogen-bond acceptors (Lipinski definition) is 6. The van der Waals surface area contributed by atoms with E-state index in [1.807, 2.05) is 35.2 Å². The normalized spacial score (nSPS) is 15.4. The van der Waals surface area contributed by atoms with Gasteiger partial charge in [0.1, 0.15) is 0 Å². The van der Waals surface area contributed by atoms with Crippen LogP contribution in [0, 0.1) is 0 Å². The molecule has 0 unspecified atom stereocenters. The molecular weight excluding hydrogens is 434 g/mol. The lowest BCUT2D eigenvalue weighted by Gasteiger charge is -2.38. The SMILES string of the molecule is CCCN(CC(=O)Nc1cc2c(cc1C(C)=O)OCO2)C1CCN(C(=O)c2ccccc2)CC1. The van der Waals surface area contributed by atoms with Crippen LogP contribution in [0.3, 0.4) is 0 Å². The number of carbonyl (C=O) groups is 3. The van der Waals surface area contributed by atoms with E-state index in [-0.39, 0.29) is 37.0 Å². The lowest BCUT2D eigenvalue weighted by atomic mass is 10.0. The Hall–Kier alpha value is -3.39. The van der Waals surface area contributed by atoms with Crippen molar-refractivity contribution >= 4 is 23.3 Å². The van der Waals surface area contributed by atoms with Crippen LogP contribution in [0.4, 0.5) is 5.69 Å². The summed E-state index contributed by atoms with van der Waals surface area (Å²) in [5.41, 5.74) is 1.53. The van der Waals surface area contributed by atoms with E-state index in [2.05, 4.69) is 17.1 Å². The number of Topliss-reactive ketones (excluding diaryl/α,β-unsaturated/α-hetero) is 1. The van der Waals surface area contributed by atoms with Crippen LogP contribution in [0.1, 0.15) is 53.8 Å². The van der Waals surface area contributed by atoms with Gasteiger partial charge >= 0.3 is 0 Å². The number of benzene rings is 2. The number of likely N-dealkylation sites (tertiary alicyclic amines) is 1. The van der Waals surface area contributed by atoms with Crippen LogP contribution in [0.2, 0.25) is 0 Å². The van der Waals surface area contributed by atoms with Gasteiger partial charge in [0.05, 0.1) is 12.2 Å². The van der Waals surface area contributed by atoms with Crippen LogP contribution < -0.4 is 14.8 Å². The fraction of sp³-hybridized carbons (Fsp3) is 0.423. The molecule has 8 heteroatoms. The molecule has 0 radical (unpaired) electrons. The van der Waals surface area contributed by atoms with Crippen LogP contribution in [0.5, 0.6) is 11.5 Å². The molecule has 34 heavy (non-hydrogen) atoms. The van der Waals surface area contributed by atoms with E-state index in [9.17, 15) is 14.4 Å². The molecule has 0 aliphatic carbocycles. The van der Waals surface area contributed by atoms with Crippen molar-refractivity contribution in [3.63, 3.8) is 0 Å². The van der Waals surface area contributed by atoms with Gasteiger partial charge in [-0.25, -0.2) is 0 Å². The van der Waals surface area contributed by atoms with Crippen molar-refractivity contribution < 1.29 is 23.9 Å². The predicted molar refractivity (Wildman–Crippen MR) is 128 cm³/mol. The molecule has 0 aromatic heterocycles. The Morgan fingerprint density at radius 2 is 1.74 bits per heavy atom. The van der Waals surface area contributed by atoms with Gasteiger partial charge in [-0.1, -0.05) is 25.1 Å². The van der Waals surface area contributed by atoms with Crippen molar-refractivity contribution in [3.8, 4) is 11.5 Å². The summed E-state index contributed by atoms with van der Waals surface area (Å²) in [5.74, 6) is 0.735. The highest BCUT2D eigenvalue weighted by Gasteiger charge is 2.28. The number of anilines is 1. The molecule has 2 heterocycles. The minimum absolute atomic E-state index is 0.0541. The number of fused-ring (bicyclic) bond motifs is 1. The molecule has 0 spiro atoms. The lowest BCUT2D eigenvalue weighted by molar-refractivity contribution is -0.118. The first kappa shape index (κ1) is 23.8. The van der Waals surface area contributed by atoms with Gasteiger partial charge in [-0.3, -0.25) is 19.3 Å². The summed E-state index contributed by atoms with van der Waals surface area (Å²) in [6.07, 6.45) is 2.54. The Balaban J connectivity index is 1.38. The fourth-order valence-corrected chi connectivity index (χ4v) is 4.59. The predicted octanol–water partition coefficient (Wildman–Crippen LogP) is 3.57. The summed E-state index contributed by atoms with van der Waals surface area (Å²) in [7, 11) is 0. The van der Waals surface area contributed by atoms with Crippen LogP contribution in [-0.4, -0.2) is 66.4 Å². The second kappa shape index (κ2) is 10.7. The van der Waals surface area contributed by atoms with Crippen molar-refractivity contribution in [2.24, 2.45) is 0 Å². The van der Waals surface area contributed by atoms with E-state index in [1.165, 1.54) is 6.92 Å². The first-order valence-electron chi connectivity index (χ1n) is 11.8. The topological polar surface area (TPSA) is 88.2 Å². The third-order valence-corrected chi connectivity index (χ3v) is 6.31. The number of hydrogen-bond donors (Lipinski definition) is 1. The largest absolute Gasteiger partial charge is 0.454 e. The zero-order valence-corrected chi connectivity index (χ0v) is 19.7. The molecule has 4 rings (SSSR count). The smallest absolute Gasteiger partial charge is 0.253 e. The van der Waals surface area contributed by atoms with Crippen LogP contribution in [0.15, 0.2) is 42.5 Å². The van der Waals surface area contributed by atoms with Gasteiger partial charge in [0.25, 0.3) is 5.91 Å². The summed E-state index contributed by atoms with van der Waals surface area (Å²) in [5, 5.41) is 2.90. The third-order valence-electron chi connectivity index (χ3n) is 6.31. The lowest BCUT2D eigenvalue weighted by Crippen LogP contribution is -2.49. The van der Waals surface area contributed by atoms with Gasteiger partial charge in [-0.05, 0) is 50.9 Å². The van der Waals surface area contributed by atoms with Gasteiger partial charge in [0, 0.05) is 36.3 Å². The van der Waals surface area contributed by atoms with E-state index in [1.54, 1.807) is 12.1 Å². The van der Waals surface area contributed by atoms with Crippen LogP contribution in [0.25, 0.3) is 0 Å². The Bertz CT molecular complexity index is 1050. The number of rotatable bonds is 8. The number of carbonyl (C=O) groups excluding carboxylic acids is 3. The number of nitrogens with zero attached hydrogens (tertiary/aromatic N) is 2. The Labute approximate surface area is 199 Å². The van der Waals surface area contributed by atoms with Crippen LogP contribution in [-0.2, 0) is 4.79 Å². The highest BCUT2D eigenvalue weighted by atomic mass is 16.7. The van der Waals surface area contributed by atoms with Gasteiger partial charge in [-0.2, -0.15) is 0 Å². The first-order valence-corrected chi connectivity index (χ1v) is 11.8. The van der Waals surface area contributed by atoms with E-state index >= 15 is 0 Å². The highest BCUT2D eigenvalue weighted by Crippen LogP contribution is 2.37. The first-order chi connectivity index (χ1) is 16.5. The molecule has 8 nitrogen and oxygen atoms in total.